The van der Waals surface area contributed by atoms with Crippen LogP contribution < -0.4 is 5.56 Å². The lowest BCUT2D eigenvalue weighted by Crippen LogP contribution is -2.25. The van der Waals surface area contributed by atoms with Crippen molar-refractivity contribution in [1.29, 1.82) is 0 Å². The van der Waals surface area contributed by atoms with Crippen LogP contribution in [0.5, 0.6) is 0 Å². The molecule has 0 N–H and O–H groups in total. The van der Waals surface area contributed by atoms with E-state index >= 15 is 0 Å². The highest BCUT2D eigenvalue weighted by Gasteiger charge is 2.30. The number of aryl methyl sites for hydroxylation is 3. The molecule has 1 atom stereocenters. The van der Waals surface area contributed by atoms with Crippen LogP contribution in [-0.2, 0) is 22.5 Å². The molecule has 3 heterocycles. The van der Waals surface area contributed by atoms with Crippen LogP contribution in [0.3, 0.4) is 0 Å². The van der Waals surface area contributed by atoms with Gasteiger partial charge >= 0.3 is 5.97 Å². The van der Waals surface area contributed by atoms with Crippen molar-refractivity contribution in [2.24, 2.45) is 0 Å². The molecule has 0 aliphatic carbocycles. The van der Waals surface area contributed by atoms with Gasteiger partial charge in [-0.2, -0.15) is 0 Å². The Kier molecular flexibility index (Phi) is 5.29. The third-order valence-electron chi connectivity index (χ3n) is 5.03. The average molecular weight is 415 g/mol. The monoisotopic (exact) mass is 414 g/mol. The number of esters is 1. The van der Waals surface area contributed by atoms with E-state index in [4.69, 9.17) is 9.72 Å². The Morgan fingerprint density at radius 1 is 1.25 bits per heavy atom. The van der Waals surface area contributed by atoms with E-state index in [1.54, 1.807) is 15.9 Å². The molecule has 0 unspecified atom stereocenters. The zero-order chi connectivity index (χ0) is 19.8. The number of thioether (sulfide) groups is 1. The second-order valence-corrected chi connectivity index (χ2v) is 9.27. The molecule has 28 heavy (non-hydrogen) atoms. The number of thiophene rings is 1. The number of fused-ring (bicyclic) bond motifs is 1. The predicted molar refractivity (Wildman–Crippen MR) is 113 cm³/mol. The van der Waals surface area contributed by atoms with Crippen molar-refractivity contribution in [1.82, 2.24) is 9.55 Å². The number of aromatic nitrogens is 2. The Labute approximate surface area is 171 Å². The molecule has 3 aromatic rings. The van der Waals surface area contributed by atoms with Gasteiger partial charge in [-0.05, 0) is 31.4 Å². The Hall–Kier alpha value is -2.12. The van der Waals surface area contributed by atoms with Crippen LogP contribution in [0.2, 0.25) is 0 Å². The van der Waals surface area contributed by atoms with Crippen molar-refractivity contribution in [2.75, 3.05) is 6.61 Å². The van der Waals surface area contributed by atoms with Crippen LogP contribution in [-0.4, -0.2) is 27.4 Å². The molecule has 1 aromatic carbocycles. The molecule has 5 nitrogen and oxygen atoms in total. The summed E-state index contributed by atoms with van der Waals surface area (Å²) >= 11 is 2.92. The summed E-state index contributed by atoms with van der Waals surface area (Å²) in [5.41, 5.74) is 3.20. The topological polar surface area (TPSA) is 61.2 Å². The molecule has 1 fully saturated rings. The first kappa shape index (κ1) is 19.2. The fraction of sp³-hybridized carbons (Fsp3) is 0.381. The molecule has 0 radical (unpaired) electrons. The molecule has 0 saturated carbocycles. The number of carbonyl (C=O) groups excluding carboxylic acids is 1. The summed E-state index contributed by atoms with van der Waals surface area (Å²) in [5, 5.41) is 0.985. The van der Waals surface area contributed by atoms with Crippen LogP contribution in [0.4, 0.5) is 0 Å². The van der Waals surface area contributed by atoms with E-state index in [2.05, 4.69) is 6.92 Å². The third kappa shape index (κ3) is 3.49. The van der Waals surface area contributed by atoms with Gasteiger partial charge in [0.05, 0.1) is 18.5 Å². The van der Waals surface area contributed by atoms with Gasteiger partial charge < -0.3 is 4.74 Å². The van der Waals surface area contributed by atoms with Crippen molar-refractivity contribution in [3.8, 4) is 0 Å². The Morgan fingerprint density at radius 3 is 2.64 bits per heavy atom. The second kappa shape index (κ2) is 7.72. The maximum atomic E-state index is 13.4. The van der Waals surface area contributed by atoms with Gasteiger partial charge in [0.15, 0.2) is 5.16 Å². The van der Waals surface area contributed by atoms with E-state index in [1.165, 1.54) is 22.2 Å². The van der Waals surface area contributed by atoms with Crippen LogP contribution >= 0.6 is 23.1 Å². The van der Waals surface area contributed by atoms with E-state index in [9.17, 15) is 9.59 Å². The van der Waals surface area contributed by atoms with Crippen LogP contribution in [0.25, 0.3) is 10.2 Å². The zero-order valence-corrected chi connectivity index (χ0v) is 17.8. The summed E-state index contributed by atoms with van der Waals surface area (Å²) in [6, 6.07) is 8.14. The van der Waals surface area contributed by atoms with Gasteiger partial charge in [-0.3, -0.25) is 14.2 Å². The first-order valence-corrected chi connectivity index (χ1v) is 11.1. The number of hydrogen-bond acceptors (Lipinski definition) is 6. The molecule has 2 aromatic heterocycles. The smallest absolute Gasteiger partial charge is 0.319 e. The molecule has 1 saturated heterocycles. The van der Waals surface area contributed by atoms with Gasteiger partial charge in [0.2, 0.25) is 0 Å². The summed E-state index contributed by atoms with van der Waals surface area (Å²) in [6.07, 6.45) is 1.52. The standard InChI is InChI=1S/C21H22N2O3S2/c1-4-15-13(3)17-18(27-15)22-21(28-16-9-10-26-20(16)25)23(19(17)24)11-14-7-5-12(2)6-8-14/h5-8,16H,4,9-11H2,1-3H3/t16-/m1/s1. The first-order chi connectivity index (χ1) is 13.5. The van der Waals surface area contributed by atoms with E-state index in [-0.39, 0.29) is 16.8 Å². The van der Waals surface area contributed by atoms with Gasteiger partial charge in [-0.15, -0.1) is 11.3 Å². The third-order valence-corrected chi connectivity index (χ3v) is 7.60. The van der Waals surface area contributed by atoms with Crippen molar-refractivity contribution < 1.29 is 9.53 Å². The summed E-state index contributed by atoms with van der Waals surface area (Å²) in [5.74, 6) is -0.224. The zero-order valence-electron chi connectivity index (χ0n) is 16.2. The van der Waals surface area contributed by atoms with Crippen LogP contribution in [0.15, 0.2) is 34.2 Å². The van der Waals surface area contributed by atoms with Gasteiger partial charge in [-0.25, -0.2) is 4.98 Å². The largest absolute Gasteiger partial charge is 0.465 e. The number of rotatable bonds is 5. The molecular weight excluding hydrogens is 392 g/mol. The highest BCUT2D eigenvalue weighted by molar-refractivity contribution is 8.00. The Bertz CT molecular complexity index is 1100. The van der Waals surface area contributed by atoms with Gasteiger partial charge in [0.25, 0.3) is 5.56 Å². The molecule has 1 aliphatic heterocycles. The number of benzene rings is 1. The number of carbonyl (C=O) groups is 1. The molecular formula is C21H22N2O3S2. The SMILES string of the molecule is CCc1sc2nc(S[C@@H]3CCOC3=O)n(Cc3ccc(C)cc3)c(=O)c2c1C. The highest BCUT2D eigenvalue weighted by atomic mass is 32.2. The molecule has 0 spiro atoms. The summed E-state index contributed by atoms with van der Waals surface area (Å²) < 4.78 is 6.81. The van der Waals surface area contributed by atoms with Crippen LogP contribution in [0.1, 0.15) is 34.9 Å². The second-order valence-electron chi connectivity index (χ2n) is 7.02. The van der Waals surface area contributed by atoms with Crippen molar-refractivity contribution in [2.45, 2.75) is 50.6 Å². The summed E-state index contributed by atoms with van der Waals surface area (Å²) in [6.45, 7) is 6.99. The lowest BCUT2D eigenvalue weighted by atomic mass is 10.1. The maximum absolute atomic E-state index is 13.4. The number of cyclic esters (lactones) is 1. The van der Waals surface area contributed by atoms with E-state index < -0.39 is 0 Å². The Morgan fingerprint density at radius 2 is 2.00 bits per heavy atom. The fourth-order valence-electron chi connectivity index (χ4n) is 3.40. The molecule has 7 heteroatoms. The minimum atomic E-state index is -0.305. The molecule has 1 aliphatic rings. The average Bonchev–Trinajstić information content (AvgIpc) is 3.22. The Balaban J connectivity index is 1.85. The van der Waals surface area contributed by atoms with E-state index in [1.807, 2.05) is 38.1 Å². The first-order valence-electron chi connectivity index (χ1n) is 9.39. The minimum absolute atomic E-state index is 0.0344. The normalized spacial score (nSPS) is 16.7. The van der Waals surface area contributed by atoms with Gasteiger partial charge in [-0.1, -0.05) is 48.5 Å². The van der Waals surface area contributed by atoms with Crippen molar-refractivity contribution in [3.05, 3.63) is 56.2 Å². The predicted octanol–water partition coefficient (Wildman–Crippen LogP) is 4.09. The van der Waals surface area contributed by atoms with E-state index in [0.717, 1.165) is 22.4 Å². The summed E-state index contributed by atoms with van der Waals surface area (Å²) in [7, 11) is 0. The number of ether oxygens (including phenoxy) is 1. The molecule has 0 bridgehead atoms. The fourth-order valence-corrected chi connectivity index (χ4v) is 5.61. The number of nitrogens with zero attached hydrogens (tertiary/aromatic N) is 2. The molecule has 4 rings (SSSR count). The maximum Gasteiger partial charge on any atom is 0.319 e. The minimum Gasteiger partial charge on any atom is -0.465 e. The number of hydrogen-bond donors (Lipinski definition) is 0. The van der Waals surface area contributed by atoms with Gasteiger partial charge in [0, 0.05) is 11.3 Å². The highest BCUT2D eigenvalue weighted by Crippen LogP contribution is 2.33. The molecule has 146 valence electrons. The lowest BCUT2D eigenvalue weighted by molar-refractivity contribution is -0.137. The van der Waals surface area contributed by atoms with Gasteiger partial charge in [0.1, 0.15) is 10.1 Å². The lowest BCUT2D eigenvalue weighted by Gasteiger charge is -2.14. The van der Waals surface area contributed by atoms with Crippen LogP contribution in [0, 0.1) is 13.8 Å². The van der Waals surface area contributed by atoms with Crippen molar-refractivity contribution >= 4 is 39.3 Å². The summed E-state index contributed by atoms with van der Waals surface area (Å²) in [4.78, 5) is 32.2. The quantitative estimate of drug-likeness (QED) is 0.465. The van der Waals surface area contributed by atoms with E-state index in [0.29, 0.717) is 30.1 Å². The van der Waals surface area contributed by atoms with Crippen molar-refractivity contribution in [3.63, 3.8) is 0 Å². The molecule has 0 amide bonds.